The molecule has 2 amide bonds. The molecule has 0 spiro atoms. The molecule has 0 bridgehead atoms. The molecular formula is C30H40N6OS. The van der Waals surface area contributed by atoms with Crippen molar-refractivity contribution >= 4 is 28.4 Å². The first kappa shape index (κ1) is 26.8. The number of urea groups is 1. The van der Waals surface area contributed by atoms with Crippen LogP contribution in [0.15, 0.2) is 41.0 Å². The lowest BCUT2D eigenvalue weighted by atomic mass is 9.98. The fraction of sp³-hybridized carbons (Fsp3) is 0.500. The number of nitrogens with zero attached hydrogens (tertiary/aromatic N) is 4. The van der Waals surface area contributed by atoms with Gasteiger partial charge in [-0.2, -0.15) is 5.10 Å². The molecule has 3 aliphatic rings. The highest BCUT2D eigenvalue weighted by Gasteiger charge is 2.28. The van der Waals surface area contributed by atoms with E-state index in [0.29, 0.717) is 18.3 Å². The number of allylic oxidation sites excluding steroid dienone is 3. The minimum Gasteiger partial charge on any atom is -0.334 e. The third kappa shape index (κ3) is 5.76. The van der Waals surface area contributed by atoms with Crippen LogP contribution >= 0.6 is 11.8 Å². The number of piperidine rings is 1. The van der Waals surface area contributed by atoms with E-state index in [1.165, 1.54) is 16.7 Å². The number of rotatable bonds is 7. The van der Waals surface area contributed by atoms with Crippen molar-refractivity contribution in [1.82, 2.24) is 25.3 Å². The Hall–Kier alpha value is -2.84. The zero-order valence-corrected chi connectivity index (χ0v) is 24.1. The largest absolute Gasteiger partial charge is 0.334 e. The smallest absolute Gasteiger partial charge is 0.317 e. The minimum atomic E-state index is 0.00133. The standard InChI is InChI=1S/C30H40N6OS/c1-6-36(18-26-21(4)33-34-29(26)23-12-13-28-27(15-23)31-22(5)38-28)30(37)32-24-11-8-14-35(16-24)17-25-19(2)9-7-10-20(25)3/h7,9-10,12,15,24,28H,6,8,11,13-14,16-18H2,1-5H3,(H,32,37)(H,33,34)/t24-,28?/m1/s1. The van der Waals surface area contributed by atoms with E-state index in [4.69, 9.17) is 4.99 Å². The molecule has 5 rings (SSSR count). The Morgan fingerprint density at radius 1 is 1.21 bits per heavy atom. The number of hydrogen-bond acceptors (Lipinski definition) is 5. The first-order valence-corrected chi connectivity index (χ1v) is 14.7. The van der Waals surface area contributed by atoms with Crippen LogP contribution in [-0.4, -0.2) is 62.0 Å². The van der Waals surface area contributed by atoms with Gasteiger partial charge in [0.05, 0.1) is 28.2 Å². The van der Waals surface area contributed by atoms with E-state index in [1.54, 1.807) is 0 Å². The molecule has 3 heterocycles. The third-order valence-electron chi connectivity index (χ3n) is 8.01. The number of likely N-dealkylation sites (tertiary alicyclic amines) is 1. The van der Waals surface area contributed by atoms with Crippen LogP contribution in [0.2, 0.25) is 0 Å². The summed E-state index contributed by atoms with van der Waals surface area (Å²) in [6.07, 6.45) is 7.49. The molecule has 1 fully saturated rings. The highest BCUT2D eigenvalue weighted by molar-refractivity contribution is 8.14. The van der Waals surface area contributed by atoms with Gasteiger partial charge in [-0.05, 0) is 83.2 Å². The summed E-state index contributed by atoms with van der Waals surface area (Å²) in [5, 5.41) is 12.7. The number of H-pyrrole nitrogens is 1. The Bertz CT molecular complexity index is 1270. The van der Waals surface area contributed by atoms with Crippen LogP contribution in [0.1, 0.15) is 66.8 Å². The molecule has 1 unspecified atom stereocenters. The molecular weight excluding hydrogens is 492 g/mol. The summed E-state index contributed by atoms with van der Waals surface area (Å²) in [5.41, 5.74) is 9.33. The molecule has 8 heteroatoms. The number of thioether (sulfide) groups is 1. The second-order valence-corrected chi connectivity index (χ2v) is 12.2. The van der Waals surface area contributed by atoms with Crippen LogP contribution in [0, 0.1) is 20.8 Å². The Morgan fingerprint density at radius 2 is 2.00 bits per heavy atom. The molecule has 1 saturated heterocycles. The number of aliphatic imine (C=N–C) groups is 1. The van der Waals surface area contributed by atoms with Gasteiger partial charge in [0.25, 0.3) is 0 Å². The summed E-state index contributed by atoms with van der Waals surface area (Å²) in [6.45, 7) is 14.6. The van der Waals surface area contributed by atoms with Crippen molar-refractivity contribution in [3.05, 3.63) is 69.7 Å². The van der Waals surface area contributed by atoms with Crippen molar-refractivity contribution in [2.45, 2.75) is 78.3 Å². The number of benzene rings is 1. The molecule has 2 N–H and O–H groups in total. The molecule has 1 aromatic heterocycles. The van der Waals surface area contributed by atoms with E-state index in [1.807, 2.05) is 30.5 Å². The van der Waals surface area contributed by atoms with Crippen LogP contribution in [0.4, 0.5) is 4.79 Å². The number of hydrogen-bond donors (Lipinski definition) is 2. The second kappa shape index (κ2) is 11.5. The number of carbonyl (C=O) groups is 1. The number of fused-ring (bicyclic) bond motifs is 1. The number of aromatic amines is 1. The SMILES string of the molecule is CCN(Cc1c(C2=CCC3SC(C)=NC3=C2)n[nH]c1C)C(=O)N[C@@H]1CCCN(Cc2c(C)cccc2C)C1. The maximum Gasteiger partial charge on any atom is 0.317 e. The van der Waals surface area contributed by atoms with Crippen molar-refractivity contribution in [3.63, 3.8) is 0 Å². The molecule has 2 aliphatic heterocycles. The maximum absolute atomic E-state index is 13.4. The van der Waals surface area contributed by atoms with Gasteiger partial charge in [0.2, 0.25) is 0 Å². The van der Waals surface area contributed by atoms with Crippen molar-refractivity contribution in [2.75, 3.05) is 19.6 Å². The second-order valence-electron chi connectivity index (χ2n) is 10.8. The van der Waals surface area contributed by atoms with E-state index in [2.05, 4.69) is 71.5 Å². The van der Waals surface area contributed by atoms with Gasteiger partial charge in [0.1, 0.15) is 0 Å². The molecule has 1 aromatic carbocycles. The number of aryl methyl sites for hydroxylation is 3. The van der Waals surface area contributed by atoms with Gasteiger partial charge in [0, 0.05) is 42.5 Å². The molecule has 2 atom stereocenters. The van der Waals surface area contributed by atoms with E-state index in [-0.39, 0.29) is 12.1 Å². The molecule has 38 heavy (non-hydrogen) atoms. The predicted molar refractivity (Wildman–Crippen MR) is 157 cm³/mol. The quantitative estimate of drug-likeness (QED) is 0.477. The summed E-state index contributed by atoms with van der Waals surface area (Å²) in [7, 11) is 0. The average molecular weight is 533 g/mol. The van der Waals surface area contributed by atoms with E-state index < -0.39 is 0 Å². The zero-order valence-electron chi connectivity index (χ0n) is 23.3. The minimum absolute atomic E-state index is 0.00133. The zero-order chi connectivity index (χ0) is 26.8. The lowest BCUT2D eigenvalue weighted by Crippen LogP contribution is -2.51. The Kier molecular flexibility index (Phi) is 8.09. The lowest BCUT2D eigenvalue weighted by Gasteiger charge is -2.35. The lowest BCUT2D eigenvalue weighted by molar-refractivity contribution is 0.163. The predicted octanol–water partition coefficient (Wildman–Crippen LogP) is 5.74. The highest BCUT2D eigenvalue weighted by atomic mass is 32.2. The van der Waals surface area contributed by atoms with E-state index in [0.717, 1.165) is 72.2 Å². The van der Waals surface area contributed by atoms with Crippen LogP contribution in [0.25, 0.3) is 5.57 Å². The number of nitrogens with one attached hydrogen (secondary N) is 2. The summed E-state index contributed by atoms with van der Waals surface area (Å²) >= 11 is 1.84. The van der Waals surface area contributed by atoms with Gasteiger partial charge in [-0.1, -0.05) is 24.3 Å². The molecule has 0 radical (unpaired) electrons. The third-order valence-corrected chi connectivity index (χ3v) is 9.16. The monoisotopic (exact) mass is 532 g/mol. The highest BCUT2D eigenvalue weighted by Crippen LogP contribution is 2.39. The normalized spacial score (nSPS) is 21.4. The Labute approximate surface area is 230 Å². The van der Waals surface area contributed by atoms with Gasteiger partial charge >= 0.3 is 6.03 Å². The molecule has 7 nitrogen and oxygen atoms in total. The van der Waals surface area contributed by atoms with Crippen molar-refractivity contribution in [1.29, 1.82) is 0 Å². The van der Waals surface area contributed by atoms with Crippen molar-refractivity contribution in [2.24, 2.45) is 4.99 Å². The average Bonchev–Trinajstić information content (AvgIpc) is 3.45. The Balaban J connectivity index is 1.24. The van der Waals surface area contributed by atoms with E-state index in [9.17, 15) is 4.79 Å². The summed E-state index contributed by atoms with van der Waals surface area (Å²) in [5.74, 6) is 0. The fourth-order valence-corrected chi connectivity index (χ4v) is 6.77. The van der Waals surface area contributed by atoms with Crippen molar-refractivity contribution < 1.29 is 4.79 Å². The molecule has 202 valence electrons. The summed E-state index contributed by atoms with van der Waals surface area (Å²) in [6, 6.07) is 6.66. The molecule has 1 aliphatic carbocycles. The number of amides is 2. The first-order chi connectivity index (χ1) is 18.3. The van der Waals surface area contributed by atoms with Crippen molar-refractivity contribution in [3.8, 4) is 0 Å². The molecule has 0 saturated carbocycles. The topological polar surface area (TPSA) is 76.6 Å². The van der Waals surface area contributed by atoms with Crippen LogP contribution in [0.3, 0.4) is 0 Å². The van der Waals surface area contributed by atoms with Gasteiger partial charge in [-0.15, -0.1) is 11.8 Å². The summed E-state index contributed by atoms with van der Waals surface area (Å²) < 4.78 is 0. The maximum atomic E-state index is 13.4. The van der Waals surface area contributed by atoms with Gasteiger partial charge < -0.3 is 10.2 Å². The van der Waals surface area contributed by atoms with Crippen LogP contribution in [0.5, 0.6) is 0 Å². The van der Waals surface area contributed by atoms with Gasteiger partial charge in [0.15, 0.2) is 0 Å². The Morgan fingerprint density at radius 3 is 2.76 bits per heavy atom. The fourth-order valence-electron chi connectivity index (χ4n) is 5.77. The van der Waals surface area contributed by atoms with Gasteiger partial charge in [-0.3, -0.25) is 15.0 Å². The number of aromatic nitrogens is 2. The van der Waals surface area contributed by atoms with E-state index >= 15 is 0 Å². The summed E-state index contributed by atoms with van der Waals surface area (Å²) in [4.78, 5) is 22.6. The first-order valence-electron chi connectivity index (χ1n) is 13.8. The van der Waals surface area contributed by atoms with Crippen LogP contribution < -0.4 is 5.32 Å². The molecule has 2 aromatic rings. The number of carbonyl (C=O) groups excluding carboxylic acids is 1. The van der Waals surface area contributed by atoms with Gasteiger partial charge in [-0.25, -0.2) is 4.79 Å². The van der Waals surface area contributed by atoms with Crippen LogP contribution in [-0.2, 0) is 13.1 Å².